The third kappa shape index (κ3) is 2.26. The molecule has 4 heteroatoms. The van der Waals surface area contributed by atoms with Crippen LogP contribution >= 0.6 is 0 Å². The zero-order valence-corrected chi connectivity index (χ0v) is 9.87. The Morgan fingerprint density at radius 2 is 2.00 bits per heavy atom. The highest BCUT2D eigenvalue weighted by Crippen LogP contribution is 2.25. The van der Waals surface area contributed by atoms with Gasteiger partial charge in [0.2, 0.25) is 11.8 Å². The number of rotatable bonds is 2. The van der Waals surface area contributed by atoms with E-state index in [1.54, 1.807) is 0 Å². The van der Waals surface area contributed by atoms with E-state index in [9.17, 15) is 9.59 Å². The van der Waals surface area contributed by atoms with E-state index in [4.69, 9.17) is 0 Å². The molecule has 0 aromatic rings. The molecule has 1 N–H and O–H groups in total. The SMILES string of the molecule is CCC1CC(=O)N(C2CCCNC2)C(=O)C1. The zero-order valence-electron chi connectivity index (χ0n) is 9.87. The van der Waals surface area contributed by atoms with Crippen LogP contribution in [0.25, 0.3) is 0 Å². The van der Waals surface area contributed by atoms with Crippen LogP contribution < -0.4 is 5.32 Å². The molecule has 1 unspecified atom stereocenters. The third-order valence-corrected chi connectivity index (χ3v) is 3.68. The molecule has 0 aromatic carbocycles. The van der Waals surface area contributed by atoms with E-state index in [-0.39, 0.29) is 23.8 Å². The van der Waals surface area contributed by atoms with E-state index in [1.165, 1.54) is 4.90 Å². The second kappa shape index (κ2) is 4.95. The van der Waals surface area contributed by atoms with E-state index in [0.717, 1.165) is 32.4 Å². The fraction of sp³-hybridized carbons (Fsp3) is 0.833. The van der Waals surface area contributed by atoms with Gasteiger partial charge in [0.15, 0.2) is 0 Å². The van der Waals surface area contributed by atoms with Crippen LogP contribution in [0.15, 0.2) is 0 Å². The van der Waals surface area contributed by atoms with Crippen LogP contribution in [0, 0.1) is 5.92 Å². The van der Waals surface area contributed by atoms with E-state index in [0.29, 0.717) is 12.8 Å². The predicted octanol–water partition coefficient (Wildman–Crippen LogP) is 0.914. The van der Waals surface area contributed by atoms with Crippen LogP contribution in [0.2, 0.25) is 0 Å². The first-order valence-electron chi connectivity index (χ1n) is 6.28. The second-order valence-corrected chi connectivity index (χ2v) is 4.84. The van der Waals surface area contributed by atoms with Crippen molar-refractivity contribution in [3.63, 3.8) is 0 Å². The normalized spacial score (nSPS) is 28.6. The highest BCUT2D eigenvalue weighted by Gasteiger charge is 2.36. The summed E-state index contributed by atoms with van der Waals surface area (Å²) in [7, 11) is 0. The first-order valence-corrected chi connectivity index (χ1v) is 6.28. The first kappa shape index (κ1) is 11.6. The van der Waals surface area contributed by atoms with Gasteiger partial charge in [-0.15, -0.1) is 0 Å². The van der Waals surface area contributed by atoms with Crippen LogP contribution in [-0.4, -0.2) is 35.8 Å². The van der Waals surface area contributed by atoms with Gasteiger partial charge in [0.1, 0.15) is 0 Å². The molecule has 0 saturated carbocycles. The van der Waals surface area contributed by atoms with E-state index in [2.05, 4.69) is 5.32 Å². The van der Waals surface area contributed by atoms with Gasteiger partial charge in [-0.05, 0) is 25.3 Å². The lowest BCUT2D eigenvalue weighted by Gasteiger charge is -2.37. The smallest absolute Gasteiger partial charge is 0.229 e. The lowest BCUT2D eigenvalue weighted by molar-refractivity contribution is -0.153. The third-order valence-electron chi connectivity index (χ3n) is 3.68. The Balaban J connectivity index is 2.03. The van der Waals surface area contributed by atoms with Crippen molar-refractivity contribution in [1.82, 2.24) is 10.2 Å². The van der Waals surface area contributed by atoms with Gasteiger partial charge in [-0.25, -0.2) is 0 Å². The number of likely N-dealkylation sites (tertiary alicyclic amines) is 1. The number of amides is 2. The minimum atomic E-state index is 0.0387. The fourth-order valence-corrected chi connectivity index (χ4v) is 2.65. The summed E-state index contributed by atoms with van der Waals surface area (Å²) in [6, 6.07) is 0.103. The maximum atomic E-state index is 12.0. The highest BCUT2D eigenvalue weighted by molar-refractivity contribution is 5.98. The molecule has 2 aliphatic heterocycles. The lowest BCUT2D eigenvalue weighted by Crippen LogP contribution is -2.54. The molecule has 2 heterocycles. The van der Waals surface area contributed by atoms with Crippen molar-refractivity contribution >= 4 is 11.8 Å². The average Bonchev–Trinajstić information content (AvgIpc) is 2.29. The summed E-state index contributed by atoms with van der Waals surface area (Å²) in [5.74, 6) is 0.349. The van der Waals surface area contributed by atoms with Gasteiger partial charge in [-0.3, -0.25) is 14.5 Å². The van der Waals surface area contributed by atoms with Crippen LogP contribution in [0.3, 0.4) is 0 Å². The van der Waals surface area contributed by atoms with E-state index >= 15 is 0 Å². The van der Waals surface area contributed by atoms with Gasteiger partial charge in [0, 0.05) is 19.4 Å². The van der Waals surface area contributed by atoms with Gasteiger partial charge >= 0.3 is 0 Å². The molecule has 0 bridgehead atoms. The van der Waals surface area contributed by atoms with E-state index < -0.39 is 0 Å². The Kier molecular flexibility index (Phi) is 3.59. The minimum absolute atomic E-state index is 0.0387. The molecule has 2 rings (SSSR count). The molecule has 2 fully saturated rings. The molecule has 90 valence electrons. The number of piperidine rings is 2. The van der Waals surface area contributed by atoms with Crippen molar-refractivity contribution in [3.8, 4) is 0 Å². The fourth-order valence-electron chi connectivity index (χ4n) is 2.65. The van der Waals surface area contributed by atoms with Crippen molar-refractivity contribution in [2.24, 2.45) is 5.92 Å². The molecule has 0 aromatic heterocycles. The number of imide groups is 1. The maximum absolute atomic E-state index is 12.0. The second-order valence-electron chi connectivity index (χ2n) is 4.84. The molecule has 16 heavy (non-hydrogen) atoms. The number of hydrogen-bond donors (Lipinski definition) is 1. The largest absolute Gasteiger partial charge is 0.315 e. The number of nitrogens with one attached hydrogen (secondary N) is 1. The molecule has 2 aliphatic rings. The van der Waals surface area contributed by atoms with Crippen LogP contribution in [0.4, 0.5) is 0 Å². The Labute approximate surface area is 96.4 Å². The molecular formula is C12H20N2O2. The Morgan fingerprint density at radius 1 is 1.31 bits per heavy atom. The van der Waals surface area contributed by atoms with Crippen LogP contribution in [0.1, 0.15) is 39.0 Å². The molecule has 0 aliphatic carbocycles. The molecule has 0 radical (unpaired) electrons. The zero-order chi connectivity index (χ0) is 11.5. The van der Waals surface area contributed by atoms with Gasteiger partial charge in [-0.2, -0.15) is 0 Å². The number of nitrogens with zero attached hydrogens (tertiary/aromatic N) is 1. The summed E-state index contributed by atoms with van der Waals surface area (Å²) in [6.07, 6.45) is 4.05. The number of carbonyl (C=O) groups is 2. The quantitative estimate of drug-likeness (QED) is 0.709. The van der Waals surface area contributed by atoms with Gasteiger partial charge < -0.3 is 5.32 Å². The van der Waals surface area contributed by atoms with E-state index in [1.807, 2.05) is 6.92 Å². The van der Waals surface area contributed by atoms with Gasteiger partial charge in [-0.1, -0.05) is 13.3 Å². The lowest BCUT2D eigenvalue weighted by atomic mass is 9.91. The summed E-state index contributed by atoms with van der Waals surface area (Å²) < 4.78 is 0. The van der Waals surface area contributed by atoms with Crippen molar-refractivity contribution in [2.75, 3.05) is 13.1 Å². The Hall–Kier alpha value is -0.900. The molecule has 2 saturated heterocycles. The summed E-state index contributed by atoms with van der Waals surface area (Å²) in [4.78, 5) is 25.4. The van der Waals surface area contributed by atoms with Crippen molar-refractivity contribution < 1.29 is 9.59 Å². The van der Waals surface area contributed by atoms with Gasteiger partial charge in [0.05, 0.1) is 6.04 Å². The summed E-state index contributed by atoms with van der Waals surface area (Å²) in [5.41, 5.74) is 0. The van der Waals surface area contributed by atoms with Crippen molar-refractivity contribution in [3.05, 3.63) is 0 Å². The Bertz CT molecular complexity index is 267. The monoisotopic (exact) mass is 224 g/mol. The molecule has 2 amide bonds. The molecule has 0 spiro atoms. The highest BCUT2D eigenvalue weighted by atomic mass is 16.2. The van der Waals surface area contributed by atoms with Gasteiger partial charge in [0.25, 0.3) is 0 Å². The maximum Gasteiger partial charge on any atom is 0.229 e. The van der Waals surface area contributed by atoms with Crippen LogP contribution in [-0.2, 0) is 9.59 Å². The van der Waals surface area contributed by atoms with Crippen molar-refractivity contribution in [2.45, 2.75) is 45.1 Å². The summed E-state index contributed by atoms with van der Waals surface area (Å²) in [6.45, 7) is 3.82. The predicted molar refractivity (Wildman–Crippen MR) is 60.8 cm³/mol. The van der Waals surface area contributed by atoms with Crippen LogP contribution in [0.5, 0.6) is 0 Å². The Morgan fingerprint density at radius 3 is 2.50 bits per heavy atom. The molecule has 1 atom stereocenters. The number of hydrogen-bond acceptors (Lipinski definition) is 3. The summed E-state index contributed by atoms with van der Waals surface area (Å²) in [5, 5.41) is 3.25. The van der Waals surface area contributed by atoms with Crippen molar-refractivity contribution in [1.29, 1.82) is 0 Å². The first-order chi connectivity index (χ1) is 7.72. The summed E-state index contributed by atoms with van der Waals surface area (Å²) >= 11 is 0. The topological polar surface area (TPSA) is 49.4 Å². The molecular weight excluding hydrogens is 204 g/mol. The standard InChI is InChI=1S/C12H20N2O2/c1-2-9-6-11(15)14(12(16)7-9)10-4-3-5-13-8-10/h9-10,13H,2-8H2,1H3. The average molecular weight is 224 g/mol. The molecule has 4 nitrogen and oxygen atoms in total. The number of carbonyl (C=O) groups excluding carboxylic acids is 2. The minimum Gasteiger partial charge on any atom is -0.315 e.